The van der Waals surface area contributed by atoms with E-state index < -0.39 is 10.0 Å². The van der Waals surface area contributed by atoms with Crippen molar-refractivity contribution in [1.29, 1.82) is 0 Å². The van der Waals surface area contributed by atoms with E-state index in [-0.39, 0.29) is 6.10 Å². The van der Waals surface area contributed by atoms with Crippen molar-refractivity contribution >= 4 is 10.0 Å². The number of rotatable bonds is 2. The molecule has 1 heterocycles. The SMILES string of the molecule is CS(=O)(=O)N1CCCC(ON)C1. The van der Waals surface area contributed by atoms with E-state index in [2.05, 4.69) is 4.84 Å². The summed E-state index contributed by atoms with van der Waals surface area (Å²) in [5.41, 5.74) is 0. The molecule has 2 N–H and O–H groups in total. The second-order valence-electron chi connectivity index (χ2n) is 3.02. The zero-order chi connectivity index (χ0) is 9.19. The van der Waals surface area contributed by atoms with Crippen LogP contribution in [0.5, 0.6) is 0 Å². The lowest BCUT2D eigenvalue weighted by Crippen LogP contribution is -2.43. The molecule has 72 valence electrons. The lowest BCUT2D eigenvalue weighted by Gasteiger charge is -2.29. The molecule has 1 aliphatic heterocycles. The van der Waals surface area contributed by atoms with E-state index in [4.69, 9.17) is 5.90 Å². The molecular formula is C6H14N2O3S. The predicted molar refractivity (Wildman–Crippen MR) is 44.7 cm³/mol. The molecule has 0 bridgehead atoms. The van der Waals surface area contributed by atoms with Gasteiger partial charge in [-0.1, -0.05) is 0 Å². The summed E-state index contributed by atoms with van der Waals surface area (Å²) in [7, 11) is -3.07. The summed E-state index contributed by atoms with van der Waals surface area (Å²) >= 11 is 0. The number of hydrogen-bond acceptors (Lipinski definition) is 4. The average molecular weight is 194 g/mol. The molecule has 12 heavy (non-hydrogen) atoms. The van der Waals surface area contributed by atoms with E-state index >= 15 is 0 Å². The summed E-state index contributed by atoms with van der Waals surface area (Å²) in [6, 6.07) is 0. The molecule has 0 radical (unpaired) electrons. The minimum atomic E-state index is -3.07. The highest BCUT2D eigenvalue weighted by atomic mass is 32.2. The Morgan fingerprint density at radius 3 is 2.75 bits per heavy atom. The van der Waals surface area contributed by atoms with Crippen LogP contribution in [-0.2, 0) is 14.9 Å². The van der Waals surface area contributed by atoms with E-state index in [9.17, 15) is 8.42 Å². The van der Waals surface area contributed by atoms with Crippen LogP contribution in [0, 0.1) is 0 Å². The van der Waals surface area contributed by atoms with Gasteiger partial charge in [-0.25, -0.2) is 14.3 Å². The first-order chi connectivity index (χ1) is 5.54. The fourth-order valence-electron chi connectivity index (χ4n) is 1.32. The average Bonchev–Trinajstić information content (AvgIpc) is 2.03. The van der Waals surface area contributed by atoms with Gasteiger partial charge < -0.3 is 0 Å². The van der Waals surface area contributed by atoms with Crippen molar-refractivity contribution in [3.63, 3.8) is 0 Å². The fourth-order valence-corrected chi connectivity index (χ4v) is 2.22. The van der Waals surface area contributed by atoms with E-state index in [1.165, 1.54) is 10.6 Å². The molecular weight excluding hydrogens is 180 g/mol. The lowest BCUT2D eigenvalue weighted by molar-refractivity contribution is 0.0183. The highest BCUT2D eigenvalue weighted by Gasteiger charge is 2.25. The molecule has 1 fully saturated rings. The monoisotopic (exact) mass is 194 g/mol. The standard InChI is InChI=1S/C6H14N2O3S/c1-12(9,10)8-4-2-3-6(5-8)11-7/h6H,2-5,7H2,1H3. The minimum absolute atomic E-state index is 0.145. The summed E-state index contributed by atoms with van der Waals surface area (Å²) in [5.74, 6) is 4.99. The first-order valence-electron chi connectivity index (χ1n) is 3.84. The van der Waals surface area contributed by atoms with Gasteiger partial charge in [0.05, 0.1) is 12.4 Å². The van der Waals surface area contributed by atoms with Gasteiger partial charge in [0.15, 0.2) is 0 Å². The maximum atomic E-state index is 11.1. The first-order valence-corrected chi connectivity index (χ1v) is 5.69. The third-order valence-corrected chi connectivity index (χ3v) is 3.27. The van der Waals surface area contributed by atoms with Crippen molar-refractivity contribution in [2.75, 3.05) is 19.3 Å². The molecule has 0 saturated carbocycles. The van der Waals surface area contributed by atoms with Crippen LogP contribution in [0.3, 0.4) is 0 Å². The van der Waals surface area contributed by atoms with Gasteiger partial charge >= 0.3 is 0 Å². The Morgan fingerprint density at radius 1 is 1.58 bits per heavy atom. The molecule has 0 spiro atoms. The van der Waals surface area contributed by atoms with Crippen LogP contribution in [0.1, 0.15) is 12.8 Å². The van der Waals surface area contributed by atoms with Crippen LogP contribution in [0.4, 0.5) is 0 Å². The quantitative estimate of drug-likeness (QED) is 0.590. The summed E-state index contributed by atoms with van der Waals surface area (Å²) in [6.07, 6.45) is 2.71. The molecule has 1 unspecified atom stereocenters. The third-order valence-electron chi connectivity index (χ3n) is 2.00. The Balaban J connectivity index is 2.58. The van der Waals surface area contributed by atoms with Crippen molar-refractivity contribution in [2.45, 2.75) is 18.9 Å². The molecule has 1 rings (SSSR count). The zero-order valence-electron chi connectivity index (χ0n) is 7.06. The van der Waals surface area contributed by atoms with Gasteiger partial charge in [-0.2, -0.15) is 4.31 Å². The van der Waals surface area contributed by atoms with Crippen LogP contribution in [0.25, 0.3) is 0 Å². The van der Waals surface area contributed by atoms with Gasteiger partial charge in [-0.05, 0) is 12.8 Å². The van der Waals surface area contributed by atoms with Gasteiger partial charge in [-0.15, -0.1) is 0 Å². The third kappa shape index (κ3) is 2.41. The van der Waals surface area contributed by atoms with Crippen molar-refractivity contribution in [1.82, 2.24) is 4.31 Å². The summed E-state index contributed by atoms with van der Waals surface area (Å²) in [4.78, 5) is 4.61. The molecule has 5 nitrogen and oxygen atoms in total. The number of piperidine rings is 1. The Bertz CT molecular complexity index is 239. The number of hydrogen-bond donors (Lipinski definition) is 1. The highest BCUT2D eigenvalue weighted by Crippen LogP contribution is 2.13. The maximum Gasteiger partial charge on any atom is 0.211 e. The highest BCUT2D eigenvalue weighted by molar-refractivity contribution is 7.88. The van der Waals surface area contributed by atoms with E-state index in [0.29, 0.717) is 13.1 Å². The smallest absolute Gasteiger partial charge is 0.211 e. The number of nitrogens with zero attached hydrogens (tertiary/aromatic N) is 1. The fraction of sp³-hybridized carbons (Fsp3) is 1.00. The van der Waals surface area contributed by atoms with E-state index in [1.807, 2.05) is 0 Å². The zero-order valence-corrected chi connectivity index (χ0v) is 7.88. The Labute approximate surface area is 72.5 Å². The molecule has 0 aromatic heterocycles. The Hall–Kier alpha value is -0.170. The van der Waals surface area contributed by atoms with E-state index in [0.717, 1.165) is 12.8 Å². The topological polar surface area (TPSA) is 72.6 Å². The van der Waals surface area contributed by atoms with Crippen molar-refractivity contribution in [3.05, 3.63) is 0 Å². The Kier molecular flexibility index (Phi) is 3.05. The second-order valence-corrected chi connectivity index (χ2v) is 5.00. The molecule has 1 saturated heterocycles. The van der Waals surface area contributed by atoms with Gasteiger partial charge in [0.25, 0.3) is 0 Å². The summed E-state index contributed by atoms with van der Waals surface area (Å²) in [6.45, 7) is 0.966. The first kappa shape index (κ1) is 9.91. The number of sulfonamides is 1. The predicted octanol–water partition coefficient (Wildman–Crippen LogP) is -0.699. The molecule has 1 atom stereocenters. The van der Waals surface area contributed by atoms with Gasteiger partial charge in [0, 0.05) is 13.1 Å². The van der Waals surface area contributed by atoms with Crippen LogP contribution >= 0.6 is 0 Å². The summed E-state index contributed by atoms with van der Waals surface area (Å²) in [5, 5.41) is 0. The van der Waals surface area contributed by atoms with Gasteiger partial charge in [-0.3, -0.25) is 4.84 Å². The van der Waals surface area contributed by atoms with Crippen LogP contribution in [0.2, 0.25) is 0 Å². The molecule has 6 heteroatoms. The van der Waals surface area contributed by atoms with Crippen molar-refractivity contribution < 1.29 is 13.3 Å². The number of nitrogens with two attached hydrogens (primary N) is 1. The van der Waals surface area contributed by atoms with Crippen molar-refractivity contribution in [3.8, 4) is 0 Å². The van der Waals surface area contributed by atoms with Crippen LogP contribution in [0.15, 0.2) is 0 Å². The van der Waals surface area contributed by atoms with Crippen LogP contribution < -0.4 is 5.90 Å². The Morgan fingerprint density at radius 2 is 2.25 bits per heavy atom. The normalized spacial score (nSPS) is 27.3. The van der Waals surface area contributed by atoms with Gasteiger partial charge in [0.2, 0.25) is 10.0 Å². The largest absolute Gasteiger partial charge is 0.300 e. The molecule has 0 aliphatic carbocycles. The molecule has 1 aliphatic rings. The second kappa shape index (κ2) is 3.69. The van der Waals surface area contributed by atoms with Crippen molar-refractivity contribution in [2.24, 2.45) is 5.90 Å². The summed E-state index contributed by atoms with van der Waals surface area (Å²) < 4.78 is 23.6. The maximum absolute atomic E-state index is 11.1. The minimum Gasteiger partial charge on any atom is -0.300 e. The molecule has 0 aromatic rings. The molecule has 0 aromatic carbocycles. The van der Waals surface area contributed by atoms with Crippen LogP contribution in [-0.4, -0.2) is 38.2 Å². The molecule has 0 amide bonds. The lowest BCUT2D eigenvalue weighted by atomic mass is 10.1. The van der Waals surface area contributed by atoms with E-state index in [1.54, 1.807) is 0 Å². The van der Waals surface area contributed by atoms with Gasteiger partial charge in [0.1, 0.15) is 0 Å².